The first-order valence-electron chi connectivity index (χ1n) is 7.80. The molecule has 4 saturated carbocycles. The van der Waals surface area contributed by atoms with Gasteiger partial charge in [-0.25, -0.2) is 9.67 Å². The van der Waals surface area contributed by atoms with E-state index in [1.165, 1.54) is 38.5 Å². The SMILES string of the molecule is Cc1nc(C23CC4CC(CC(C4)C2)C3)nn1CCN. The van der Waals surface area contributed by atoms with Crippen molar-refractivity contribution in [2.75, 3.05) is 6.54 Å². The van der Waals surface area contributed by atoms with Gasteiger partial charge < -0.3 is 5.73 Å². The normalized spacial score (nSPS) is 40.0. The van der Waals surface area contributed by atoms with Gasteiger partial charge in [0.25, 0.3) is 0 Å². The smallest absolute Gasteiger partial charge is 0.157 e. The third-order valence-corrected chi connectivity index (χ3v) is 5.71. The molecule has 0 radical (unpaired) electrons. The molecule has 0 aliphatic heterocycles. The minimum absolute atomic E-state index is 0.319. The van der Waals surface area contributed by atoms with Crippen LogP contribution in [-0.4, -0.2) is 21.3 Å². The van der Waals surface area contributed by atoms with Gasteiger partial charge in [0.1, 0.15) is 5.82 Å². The van der Waals surface area contributed by atoms with E-state index in [1.807, 2.05) is 4.68 Å². The molecule has 4 aliphatic carbocycles. The Morgan fingerprint density at radius 3 is 2.26 bits per heavy atom. The number of aryl methyl sites for hydroxylation is 1. The molecule has 4 heteroatoms. The fraction of sp³-hybridized carbons (Fsp3) is 0.867. The molecule has 1 aromatic heterocycles. The van der Waals surface area contributed by atoms with E-state index in [0.717, 1.165) is 35.9 Å². The predicted octanol–water partition coefficient (Wildman–Crippen LogP) is 2.01. The van der Waals surface area contributed by atoms with Crippen LogP contribution >= 0.6 is 0 Å². The number of rotatable bonds is 3. The summed E-state index contributed by atoms with van der Waals surface area (Å²) >= 11 is 0. The standard InChI is InChI=1S/C15H24N4/c1-10-17-14(18-19(10)3-2-16)15-7-11-4-12(8-15)6-13(5-11)9-15/h11-13H,2-9,16H2,1H3. The average molecular weight is 260 g/mol. The van der Waals surface area contributed by atoms with Crippen LogP contribution in [0.2, 0.25) is 0 Å². The number of nitrogens with two attached hydrogens (primary N) is 1. The van der Waals surface area contributed by atoms with E-state index < -0.39 is 0 Å². The van der Waals surface area contributed by atoms with E-state index in [4.69, 9.17) is 15.8 Å². The maximum Gasteiger partial charge on any atom is 0.157 e. The highest BCUT2D eigenvalue weighted by atomic mass is 15.4. The molecule has 0 aromatic carbocycles. The summed E-state index contributed by atoms with van der Waals surface area (Å²) in [5, 5.41) is 4.82. The molecule has 1 aromatic rings. The maximum atomic E-state index is 5.66. The lowest BCUT2D eigenvalue weighted by Crippen LogP contribution is -2.49. The molecule has 4 bridgehead atoms. The van der Waals surface area contributed by atoms with Gasteiger partial charge in [-0.2, -0.15) is 5.10 Å². The van der Waals surface area contributed by atoms with Crippen LogP contribution in [0, 0.1) is 24.7 Å². The zero-order chi connectivity index (χ0) is 13.0. The Morgan fingerprint density at radius 2 is 1.74 bits per heavy atom. The minimum atomic E-state index is 0.319. The molecule has 104 valence electrons. The number of aromatic nitrogens is 3. The average Bonchev–Trinajstić information content (AvgIpc) is 2.70. The molecule has 0 atom stereocenters. The highest BCUT2D eigenvalue weighted by Gasteiger charge is 2.53. The Morgan fingerprint density at radius 1 is 1.16 bits per heavy atom. The molecular formula is C15H24N4. The van der Waals surface area contributed by atoms with Crippen LogP contribution in [0.3, 0.4) is 0 Å². The second-order valence-corrected chi connectivity index (χ2v) is 7.19. The van der Waals surface area contributed by atoms with Crippen LogP contribution in [0.15, 0.2) is 0 Å². The summed E-state index contributed by atoms with van der Waals surface area (Å²) in [5.74, 6) is 5.03. The topological polar surface area (TPSA) is 56.7 Å². The summed E-state index contributed by atoms with van der Waals surface area (Å²) in [5.41, 5.74) is 5.98. The van der Waals surface area contributed by atoms with Crippen LogP contribution in [0.1, 0.15) is 50.2 Å². The van der Waals surface area contributed by atoms with Crippen molar-refractivity contribution in [1.82, 2.24) is 14.8 Å². The first kappa shape index (κ1) is 11.9. The molecule has 0 amide bonds. The summed E-state index contributed by atoms with van der Waals surface area (Å²) in [6.07, 6.45) is 8.44. The fourth-order valence-electron chi connectivity index (χ4n) is 5.36. The highest BCUT2D eigenvalue weighted by Crippen LogP contribution is 2.60. The molecule has 0 unspecified atom stereocenters. The van der Waals surface area contributed by atoms with E-state index in [0.29, 0.717) is 12.0 Å². The van der Waals surface area contributed by atoms with Gasteiger partial charge in [-0.05, 0) is 63.2 Å². The summed E-state index contributed by atoms with van der Waals surface area (Å²) < 4.78 is 2.01. The van der Waals surface area contributed by atoms with Crippen LogP contribution in [0.25, 0.3) is 0 Å². The lowest BCUT2D eigenvalue weighted by Gasteiger charge is -2.55. The first-order valence-corrected chi connectivity index (χ1v) is 7.80. The first-order chi connectivity index (χ1) is 9.18. The molecule has 5 rings (SSSR count). The Hall–Kier alpha value is -0.900. The van der Waals surface area contributed by atoms with Crippen LogP contribution in [-0.2, 0) is 12.0 Å². The van der Waals surface area contributed by atoms with E-state index in [-0.39, 0.29) is 0 Å². The lowest BCUT2D eigenvalue weighted by atomic mass is 9.49. The summed E-state index contributed by atoms with van der Waals surface area (Å²) in [7, 11) is 0. The molecule has 4 nitrogen and oxygen atoms in total. The molecule has 4 aliphatic rings. The van der Waals surface area contributed by atoms with Crippen molar-refractivity contribution in [3.63, 3.8) is 0 Å². The Labute approximate surface area is 114 Å². The monoisotopic (exact) mass is 260 g/mol. The highest BCUT2D eigenvalue weighted by molar-refractivity contribution is 5.17. The van der Waals surface area contributed by atoms with Crippen molar-refractivity contribution in [3.05, 3.63) is 11.6 Å². The zero-order valence-electron chi connectivity index (χ0n) is 11.8. The number of hydrogen-bond acceptors (Lipinski definition) is 3. The Kier molecular flexibility index (Phi) is 2.53. The van der Waals surface area contributed by atoms with Crippen molar-refractivity contribution in [2.24, 2.45) is 23.5 Å². The molecule has 0 spiro atoms. The Bertz CT molecular complexity index is 455. The summed E-state index contributed by atoms with van der Waals surface area (Å²) in [6.45, 7) is 3.50. The third kappa shape index (κ3) is 1.76. The lowest BCUT2D eigenvalue weighted by molar-refractivity contribution is -0.00945. The van der Waals surface area contributed by atoms with Crippen molar-refractivity contribution < 1.29 is 0 Å². The molecule has 0 saturated heterocycles. The van der Waals surface area contributed by atoms with E-state index in [9.17, 15) is 0 Å². The van der Waals surface area contributed by atoms with Gasteiger partial charge in [-0.15, -0.1) is 0 Å². The zero-order valence-corrected chi connectivity index (χ0v) is 11.8. The molecule has 4 fully saturated rings. The fourth-order valence-corrected chi connectivity index (χ4v) is 5.36. The van der Waals surface area contributed by atoms with Gasteiger partial charge in [0, 0.05) is 12.0 Å². The van der Waals surface area contributed by atoms with E-state index >= 15 is 0 Å². The van der Waals surface area contributed by atoms with Crippen molar-refractivity contribution in [2.45, 2.75) is 57.4 Å². The second kappa shape index (κ2) is 4.05. The molecule has 19 heavy (non-hydrogen) atoms. The predicted molar refractivity (Wildman–Crippen MR) is 73.7 cm³/mol. The van der Waals surface area contributed by atoms with Gasteiger partial charge in [0.05, 0.1) is 6.54 Å². The molecule has 2 N–H and O–H groups in total. The second-order valence-electron chi connectivity index (χ2n) is 7.19. The van der Waals surface area contributed by atoms with Gasteiger partial charge in [-0.1, -0.05) is 0 Å². The van der Waals surface area contributed by atoms with Crippen LogP contribution < -0.4 is 5.73 Å². The van der Waals surface area contributed by atoms with Gasteiger partial charge in [0.2, 0.25) is 0 Å². The third-order valence-electron chi connectivity index (χ3n) is 5.71. The van der Waals surface area contributed by atoms with Gasteiger partial charge in [0.15, 0.2) is 5.82 Å². The van der Waals surface area contributed by atoms with Crippen molar-refractivity contribution >= 4 is 0 Å². The largest absolute Gasteiger partial charge is 0.329 e. The number of hydrogen-bond donors (Lipinski definition) is 1. The van der Waals surface area contributed by atoms with Crippen LogP contribution in [0.5, 0.6) is 0 Å². The van der Waals surface area contributed by atoms with Gasteiger partial charge >= 0.3 is 0 Å². The minimum Gasteiger partial charge on any atom is -0.329 e. The maximum absolute atomic E-state index is 5.66. The number of nitrogens with zero attached hydrogens (tertiary/aromatic N) is 3. The van der Waals surface area contributed by atoms with Crippen molar-refractivity contribution in [1.29, 1.82) is 0 Å². The van der Waals surface area contributed by atoms with Crippen molar-refractivity contribution in [3.8, 4) is 0 Å². The summed E-state index contributed by atoms with van der Waals surface area (Å²) in [4.78, 5) is 4.82. The summed E-state index contributed by atoms with van der Waals surface area (Å²) in [6, 6.07) is 0. The molecular weight excluding hydrogens is 236 g/mol. The molecule has 1 heterocycles. The van der Waals surface area contributed by atoms with Gasteiger partial charge in [-0.3, -0.25) is 0 Å². The van der Waals surface area contributed by atoms with E-state index in [1.54, 1.807) is 0 Å². The van der Waals surface area contributed by atoms with Crippen LogP contribution in [0.4, 0.5) is 0 Å². The Balaban J connectivity index is 1.69. The van der Waals surface area contributed by atoms with E-state index in [2.05, 4.69) is 6.92 Å². The quantitative estimate of drug-likeness (QED) is 0.904.